The highest BCUT2D eigenvalue weighted by atomic mass is 16.6. The van der Waals surface area contributed by atoms with Gasteiger partial charge in [0.1, 0.15) is 18.3 Å². The first-order valence-corrected chi connectivity index (χ1v) is 11.1. The second-order valence-electron chi connectivity index (χ2n) is 8.06. The Labute approximate surface area is 190 Å². The van der Waals surface area contributed by atoms with Gasteiger partial charge in [-0.05, 0) is 16.7 Å². The van der Waals surface area contributed by atoms with E-state index in [1.165, 1.54) is 0 Å². The van der Waals surface area contributed by atoms with Gasteiger partial charge in [-0.1, -0.05) is 91.0 Å². The summed E-state index contributed by atoms with van der Waals surface area (Å²) >= 11 is 0. The van der Waals surface area contributed by atoms with E-state index in [0.717, 1.165) is 16.7 Å². The van der Waals surface area contributed by atoms with Crippen molar-refractivity contribution in [2.24, 2.45) is 5.73 Å². The van der Waals surface area contributed by atoms with Crippen molar-refractivity contribution in [3.05, 3.63) is 108 Å². The third-order valence-corrected chi connectivity index (χ3v) is 5.58. The molecule has 5 heteroatoms. The molecule has 3 aromatic carbocycles. The van der Waals surface area contributed by atoms with Crippen LogP contribution in [0.4, 0.5) is 0 Å². The molecule has 0 bridgehead atoms. The van der Waals surface area contributed by atoms with Crippen LogP contribution in [0.5, 0.6) is 0 Å². The zero-order chi connectivity index (χ0) is 22.0. The topological polar surface area (TPSA) is 62.9 Å². The fraction of sp³-hybridized carbons (Fsp3) is 0.333. The van der Waals surface area contributed by atoms with Crippen molar-refractivity contribution in [3.63, 3.8) is 0 Å². The highest BCUT2D eigenvalue weighted by molar-refractivity contribution is 5.15. The van der Waals surface area contributed by atoms with Gasteiger partial charge in [0, 0.05) is 0 Å². The molecule has 0 radical (unpaired) electrons. The number of nitrogens with two attached hydrogens (primary N) is 1. The van der Waals surface area contributed by atoms with E-state index in [4.69, 9.17) is 24.7 Å². The van der Waals surface area contributed by atoms with Gasteiger partial charge in [-0.2, -0.15) is 0 Å². The fourth-order valence-corrected chi connectivity index (χ4v) is 3.84. The second kappa shape index (κ2) is 11.9. The molecule has 0 aliphatic carbocycles. The van der Waals surface area contributed by atoms with Gasteiger partial charge >= 0.3 is 0 Å². The average molecular weight is 434 g/mol. The summed E-state index contributed by atoms with van der Waals surface area (Å²) < 4.78 is 24.7. The molecule has 0 spiro atoms. The number of hydrogen-bond donors (Lipinski definition) is 1. The monoisotopic (exact) mass is 433 g/mol. The Morgan fingerprint density at radius 2 is 1.12 bits per heavy atom. The maximum Gasteiger partial charge on any atom is 0.114 e. The molecule has 5 nitrogen and oxygen atoms in total. The van der Waals surface area contributed by atoms with E-state index in [1.54, 1.807) is 0 Å². The van der Waals surface area contributed by atoms with Gasteiger partial charge in [0.2, 0.25) is 0 Å². The van der Waals surface area contributed by atoms with Gasteiger partial charge in [-0.3, -0.25) is 0 Å². The molecule has 0 aromatic heterocycles. The highest BCUT2D eigenvalue weighted by Gasteiger charge is 2.41. The fourth-order valence-electron chi connectivity index (χ4n) is 3.84. The van der Waals surface area contributed by atoms with Crippen molar-refractivity contribution in [2.45, 2.75) is 44.2 Å². The summed E-state index contributed by atoms with van der Waals surface area (Å²) in [6.07, 6.45) is -0.889. The molecular formula is C27H31NO4. The Morgan fingerprint density at radius 3 is 1.66 bits per heavy atom. The molecule has 32 heavy (non-hydrogen) atoms. The van der Waals surface area contributed by atoms with Crippen LogP contribution in [0.25, 0.3) is 0 Å². The first-order chi connectivity index (χ1) is 15.8. The maximum absolute atomic E-state index is 6.41. The molecule has 1 aliphatic rings. The van der Waals surface area contributed by atoms with Crippen molar-refractivity contribution < 1.29 is 18.9 Å². The normalized spacial score (nSPS) is 23.2. The van der Waals surface area contributed by atoms with Gasteiger partial charge in [-0.15, -0.1) is 0 Å². The van der Waals surface area contributed by atoms with E-state index in [0.29, 0.717) is 33.0 Å². The first-order valence-electron chi connectivity index (χ1n) is 11.1. The van der Waals surface area contributed by atoms with Crippen LogP contribution < -0.4 is 5.73 Å². The smallest absolute Gasteiger partial charge is 0.114 e. The van der Waals surface area contributed by atoms with Gasteiger partial charge in [0.25, 0.3) is 0 Å². The SMILES string of the molecule is N[C@H]1CO[C@H](COCc2ccccc2)[C@H](OCc2ccccc2)[C@@H]1OCc1ccccc1. The molecule has 0 amide bonds. The van der Waals surface area contributed by atoms with E-state index < -0.39 is 0 Å². The van der Waals surface area contributed by atoms with Crippen molar-refractivity contribution in [1.29, 1.82) is 0 Å². The summed E-state index contributed by atoms with van der Waals surface area (Å²) in [5.74, 6) is 0. The minimum absolute atomic E-state index is 0.261. The zero-order valence-electron chi connectivity index (χ0n) is 18.2. The van der Waals surface area contributed by atoms with Crippen molar-refractivity contribution >= 4 is 0 Å². The molecule has 0 unspecified atom stereocenters. The predicted molar refractivity (Wildman–Crippen MR) is 124 cm³/mol. The molecule has 0 saturated carbocycles. The standard InChI is InChI=1S/C27H31NO4/c28-24-19-30-25(20-29-16-21-10-4-1-5-11-21)27(32-18-23-14-8-3-9-15-23)26(24)31-17-22-12-6-2-7-13-22/h1-15,24-27H,16-20,28H2/t24-,25+,26+,27-/m0/s1. The number of ether oxygens (including phenoxy) is 4. The minimum atomic E-state index is -0.335. The lowest BCUT2D eigenvalue weighted by atomic mass is 9.98. The quantitative estimate of drug-likeness (QED) is 0.522. The number of rotatable bonds is 10. The third-order valence-electron chi connectivity index (χ3n) is 5.58. The second-order valence-corrected chi connectivity index (χ2v) is 8.06. The lowest BCUT2D eigenvalue weighted by Gasteiger charge is -2.41. The maximum atomic E-state index is 6.41. The third kappa shape index (κ3) is 6.48. The van der Waals surface area contributed by atoms with Crippen LogP contribution in [0.15, 0.2) is 91.0 Å². The molecule has 3 aromatic rings. The minimum Gasteiger partial charge on any atom is -0.374 e. The Bertz CT molecular complexity index is 907. The lowest BCUT2D eigenvalue weighted by Crippen LogP contribution is -2.59. The molecule has 168 valence electrons. The van der Waals surface area contributed by atoms with Crippen molar-refractivity contribution in [1.82, 2.24) is 0 Å². The number of hydrogen-bond acceptors (Lipinski definition) is 5. The summed E-state index contributed by atoms with van der Waals surface area (Å²) in [6.45, 7) is 2.27. The molecular weight excluding hydrogens is 402 g/mol. The van der Waals surface area contributed by atoms with Gasteiger partial charge in [-0.25, -0.2) is 0 Å². The Kier molecular flexibility index (Phi) is 8.42. The van der Waals surface area contributed by atoms with E-state index in [9.17, 15) is 0 Å². The van der Waals surface area contributed by atoms with E-state index in [1.807, 2.05) is 91.0 Å². The summed E-state index contributed by atoms with van der Waals surface area (Å²) in [5, 5.41) is 0. The molecule has 1 saturated heterocycles. The van der Waals surface area contributed by atoms with E-state index in [-0.39, 0.29) is 24.4 Å². The van der Waals surface area contributed by atoms with Crippen LogP contribution in [0.3, 0.4) is 0 Å². The summed E-state index contributed by atoms with van der Waals surface area (Å²) in [5.41, 5.74) is 9.73. The lowest BCUT2D eigenvalue weighted by molar-refractivity contribution is -0.204. The van der Waals surface area contributed by atoms with Gasteiger partial charge in [0.05, 0.1) is 39.1 Å². The van der Waals surface area contributed by atoms with E-state index in [2.05, 4.69) is 0 Å². The van der Waals surface area contributed by atoms with Crippen LogP contribution in [0.1, 0.15) is 16.7 Å². The first kappa shape index (κ1) is 22.6. The van der Waals surface area contributed by atoms with Crippen LogP contribution in [-0.4, -0.2) is 37.6 Å². The highest BCUT2D eigenvalue weighted by Crippen LogP contribution is 2.24. The van der Waals surface area contributed by atoms with Gasteiger partial charge < -0.3 is 24.7 Å². The van der Waals surface area contributed by atoms with Crippen molar-refractivity contribution in [2.75, 3.05) is 13.2 Å². The molecule has 2 N–H and O–H groups in total. The summed E-state index contributed by atoms with van der Waals surface area (Å²) in [7, 11) is 0. The van der Waals surface area contributed by atoms with Gasteiger partial charge in [0.15, 0.2) is 0 Å². The molecule has 1 heterocycles. The summed E-state index contributed by atoms with van der Waals surface area (Å²) in [6, 6.07) is 30.0. The predicted octanol–water partition coefficient (Wildman–Crippen LogP) is 4.10. The Balaban J connectivity index is 1.42. The van der Waals surface area contributed by atoms with Crippen LogP contribution in [-0.2, 0) is 38.8 Å². The van der Waals surface area contributed by atoms with Crippen LogP contribution in [0, 0.1) is 0 Å². The Hall–Kier alpha value is -2.54. The molecule has 4 atom stereocenters. The van der Waals surface area contributed by atoms with Crippen LogP contribution in [0.2, 0.25) is 0 Å². The summed E-state index contributed by atoms with van der Waals surface area (Å²) in [4.78, 5) is 0. The Morgan fingerprint density at radius 1 is 0.656 bits per heavy atom. The molecule has 1 aliphatic heterocycles. The van der Waals surface area contributed by atoms with Crippen molar-refractivity contribution in [3.8, 4) is 0 Å². The van der Waals surface area contributed by atoms with E-state index >= 15 is 0 Å². The van der Waals surface area contributed by atoms with Crippen LogP contribution >= 0.6 is 0 Å². The largest absolute Gasteiger partial charge is 0.374 e. The molecule has 4 rings (SSSR count). The molecule has 1 fully saturated rings. The zero-order valence-corrected chi connectivity index (χ0v) is 18.2. The average Bonchev–Trinajstić information content (AvgIpc) is 2.85. The number of benzene rings is 3.